The van der Waals surface area contributed by atoms with Crippen LogP contribution in [-0.2, 0) is 16.0 Å². The van der Waals surface area contributed by atoms with Crippen molar-refractivity contribution in [2.24, 2.45) is 0 Å². The first-order valence-corrected chi connectivity index (χ1v) is 8.97. The number of anilines is 2. The van der Waals surface area contributed by atoms with Crippen molar-refractivity contribution in [2.75, 3.05) is 4.90 Å². The number of ether oxygens (including phenoxy) is 2. The molecule has 6 nitrogen and oxygen atoms in total. The Labute approximate surface area is 163 Å². The molecule has 0 unspecified atom stereocenters. The van der Waals surface area contributed by atoms with E-state index in [0.717, 1.165) is 4.90 Å². The predicted octanol–water partition coefficient (Wildman–Crippen LogP) is 4.58. The van der Waals surface area contributed by atoms with Crippen molar-refractivity contribution < 1.29 is 23.5 Å². The summed E-state index contributed by atoms with van der Waals surface area (Å²) in [6.07, 6.45) is 0.769. The van der Waals surface area contributed by atoms with Crippen LogP contribution < -0.4 is 9.64 Å². The molecule has 0 saturated carbocycles. The Kier molecular flexibility index (Phi) is 4.87. The number of hydrogen-bond donors (Lipinski definition) is 0. The van der Waals surface area contributed by atoms with Crippen molar-refractivity contribution in [3.05, 3.63) is 47.9 Å². The van der Waals surface area contributed by atoms with Crippen LogP contribution in [0.25, 0.3) is 0 Å². The smallest absolute Gasteiger partial charge is 0.420 e. The normalized spacial score (nSPS) is 16.1. The van der Waals surface area contributed by atoms with Crippen molar-refractivity contribution >= 4 is 23.4 Å². The van der Waals surface area contributed by atoms with Crippen molar-refractivity contribution in [3.8, 4) is 5.75 Å². The van der Waals surface area contributed by atoms with E-state index in [1.54, 1.807) is 46.8 Å². The number of amides is 1. The van der Waals surface area contributed by atoms with Gasteiger partial charge in [0, 0.05) is 24.2 Å². The van der Waals surface area contributed by atoms with Gasteiger partial charge in [-0.2, -0.15) is 0 Å². The van der Waals surface area contributed by atoms with E-state index >= 15 is 0 Å². The van der Waals surface area contributed by atoms with Crippen LogP contribution in [0.15, 0.2) is 36.5 Å². The molecule has 0 saturated heterocycles. The molecule has 2 aromatic rings. The summed E-state index contributed by atoms with van der Waals surface area (Å²) in [6, 6.07) is 7.16. The van der Waals surface area contributed by atoms with Gasteiger partial charge in [0.1, 0.15) is 23.0 Å². The minimum Gasteiger partial charge on any atom is -0.478 e. The summed E-state index contributed by atoms with van der Waals surface area (Å²) in [6.45, 7) is 8.48. The number of ketones is 1. The lowest BCUT2D eigenvalue weighted by atomic mass is 9.97. The third-order valence-electron chi connectivity index (χ3n) is 4.20. The van der Waals surface area contributed by atoms with Gasteiger partial charge in [0.05, 0.1) is 5.69 Å². The van der Waals surface area contributed by atoms with Gasteiger partial charge in [-0.1, -0.05) is 6.07 Å². The quantitative estimate of drug-likeness (QED) is 0.663. The highest BCUT2D eigenvalue weighted by molar-refractivity contribution is 6.00. The number of hydrogen-bond acceptors (Lipinski definition) is 5. The van der Waals surface area contributed by atoms with Gasteiger partial charge in [-0.05, 0) is 52.8 Å². The van der Waals surface area contributed by atoms with Crippen LogP contribution >= 0.6 is 0 Å². The van der Waals surface area contributed by atoms with Gasteiger partial charge in [-0.25, -0.2) is 19.1 Å². The Morgan fingerprint density at radius 3 is 2.68 bits per heavy atom. The number of benzene rings is 1. The summed E-state index contributed by atoms with van der Waals surface area (Å²) in [4.78, 5) is 31.4. The lowest BCUT2D eigenvalue weighted by Crippen LogP contribution is -2.39. The van der Waals surface area contributed by atoms with Crippen LogP contribution in [0.1, 0.15) is 40.2 Å². The number of aromatic nitrogens is 1. The zero-order valence-corrected chi connectivity index (χ0v) is 16.6. The molecule has 0 aliphatic carbocycles. The lowest BCUT2D eigenvalue weighted by molar-refractivity contribution is -0.131. The average molecular weight is 386 g/mol. The maximum Gasteiger partial charge on any atom is 0.420 e. The van der Waals surface area contributed by atoms with Gasteiger partial charge in [0.25, 0.3) is 0 Å². The summed E-state index contributed by atoms with van der Waals surface area (Å²) in [5.41, 5.74) is -1.32. The number of pyridine rings is 1. The lowest BCUT2D eigenvalue weighted by Gasteiger charge is -2.29. The molecule has 0 atom stereocenters. The van der Waals surface area contributed by atoms with E-state index < -0.39 is 23.1 Å². The number of fused-ring (bicyclic) bond motifs is 2. The van der Waals surface area contributed by atoms with Crippen LogP contribution in [-0.4, -0.2) is 28.1 Å². The molecule has 0 fully saturated rings. The van der Waals surface area contributed by atoms with Crippen molar-refractivity contribution in [1.82, 2.24) is 4.98 Å². The summed E-state index contributed by atoms with van der Waals surface area (Å²) in [7, 11) is 0. The van der Waals surface area contributed by atoms with Crippen LogP contribution in [0.3, 0.4) is 0 Å². The molecule has 3 rings (SSSR count). The number of carbonyl (C=O) groups is 2. The third-order valence-corrected chi connectivity index (χ3v) is 4.20. The molecule has 2 heterocycles. The van der Waals surface area contributed by atoms with E-state index in [0.29, 0.717) is 5.56 Å². The first-order chi connectivity index (χ1) is 13.0. The molecular formula is C21H23FN2O4. The Hall–Kier alpha value is -2.96. The Balaban J connectivity index is 2.28. The predicted molar refractivity (Wildman–Crippen MR) is 102 cm³/mol. The summed E-state index contributed by atoms with van der Waals surface area (Å²) >= 11 is 0. The van der Waals surface area contributed by atoms with E-state index in [9.17, 15) is 14.0 Å². The molecule has 28 heavy (non-hydrogen) atoms. The van der Waals surface area contributed by atoms with Gasteiger partial charge < -0.3 is 9.47 Å². The van der Waals surface area contributed by atoms with E-state index in [1.165, 1.54) is 24.4 Å². The monoisotopic (exact) mass is 386 g/mol. The van der Waals surface area contributed by atoms with Gasteiger partial charge in [-0.3, -0.25) is 4.79 Å². The van der Waals surface area contributed by atoms with E-state index in [4.69, 9.17) is 9.47 Å². The van der Waals surface area contributed by atoms with Crippen molar-refractivity contribution in [2.45, 2.75) is 52.2 Å². The Morgan fingerprint density at radius 1 is 1.29 bits per heavy atom. The number of halogens is 1. The fraction of sp³-hybridized carbons (Fsp3) is 0.381. The molecule has 148 valence electrons. The first kappa shape index (κ1) is 19.8. The minimum absolute atomic E-state index is 0.00589. The van der Waals surface area contributed by atoms with E-state index in [-0.39, 0.29) is 29.5 Å². The number of nitrogens with zero attached hydrogens (tertiary/aromatic N) is 2. The highest BCUT2D eigenvalue weighted by Crippen LogP contribution is 2.40. The average Bonchev–Trinajstić information content (AvgIpc) is 2.59. The molecule has 1 aromatic carbocycles. The number of rotatable bonds is 0. The molecule has 0 radical (unpaired) electrons. The minimum atomic E-state index is -1.18. The zero-order chi connectivity index (χ0) is 20.7. The molecular weight excluding hydrogens is 363 g/mol. The highest BCUT2D eigenvalue weighted by atomic mass is 19.1. The fourth-order valence-electron chi connectivity index (χ4n) is 2.85. The second kappa shape index (κ2) is 6.89. The largest absolute Gasteiger partial charge is 0.478 e. The maximum atomic E-state index is 14.1. The van der Waals surface area contributed by atoms with E-state index in [1.807, 2.05) is 0 Å². The SMILES string of the molecule is CC(C)(C)OC(=O)N1c2cc(F)ccc2OC(C)(C)C(=O)Cc2cccnc21. The van der Waals surface area contributed by atoms with Crippen LogP contribution in [0, 0.1) is 5.82 Å². The number of Topliss-reactive ketones (excluding diaryl/α,β-unsaturated/α-hetero) is 1. The second-order valence-electron chi connectivity index (χ2n) is 8.13. The Morgan fingerprint density at radius 2 is 2.00 bits per heavy atom. The van der Waals surface area contributed by atoms with Crippen molar-refractivity contribution in [1.29, 1.82) is 0 Å². The topological polar surface area (TPSA) is 68.7 Å². The standard InChI is InChI=1S/C21H23FN2O4/c1-20(2,3)28-19(26)24-15-12-14(22)8-9-16(15)27-21(4,5)17(25)11-13-7-6-10-23-18(13)24/h6-10,12H,11H2,1-5H3. The maximum absolute atomic E-state index is 14.1. The number of carbonyl (C=O) groups excluding carboxylic acids is 2. The molecule has 1 aliphatic rings. The van der Waals surface area contributed by atoms with Gasteiger partial charge in [-0.15, -0.1) is 0 Å². The molecule has 0 spiro atoms. The highest BCUT2D eigenvalue weighted by Gasteiger charge is 2.37. The summed E-state index contributed by atoms with van der Waals surface area (Å²) in [5, 5.41) is 0. The van der Waals surface area contributed by atoms with Crippen LogP contribution in [0.4, 0.5) is 20.7 Å². The van der Waals surface area contributed by atoms with Crippen LogP contribution in [0.2, 0.25) is 0 Å². The Bertz CT molecular complexity index is 934. The van der Waals surface area contributed by atoms with Gasteiger partial charge >= 0.3 is 6.09 Å². The molecule has 1 aliphatic heterocycles. The first-order valence-electron chi connectivity index (χ1n) is 8.97. The zero-order valence-electron chi connectivity index (χ0n) is 16.6. The molecule has 7 heteroatoms. The summed E-state index contributed by atoms with van der Waals surface area (Å²) < 4.78 is 25.6. The van der Waals surface area contributed by atoms with Gasteiger partial charge in [0.2, 0.25) is 0 Å². The molecule has 1 aromatic heterocycles. The molecule has 0 N–H and O–H groups in total. The molecule has 0 bridgehead atoms. The fourth-order valence-corrected chi connectivity index (χ4v) is 2.85. The van der Waals surface area contributed by atoms with Gasteiger partial charge in [0.15, 0.2) is 11.4 Å². The van der Waals surface area contributed by atoms with Crippen LogP contribution in [0.5, 0.6) is 5.75 Å². The second-order valence-corrected chi connectivity index (χ2v) is 8.13. The third kappa shape index (κ3) is 3.98. The van der Waals surface area contributed by atoms with Crippen molar-refractivity contribution in [3.63, 3.8) is 0 Å². The molecule has 1 amide bonds. The summed E-state index contributed by atoms with van der Waals surface area (Å²) in [5.74, 6) is -0.359. The van der Waals surface area contributed by atoms with E-state index in [2.05, 4.69) is 4.98 Å².